The van der Waals surface area contributed by atoms with E-state index in [4.69, 9.17) is 5.26 Å². The summed E-state index contributed by atoms with van der Waals surface area (Å²) < 4.78 is 13.6. The van der Waals surface area contributed by atoms with Crippen molar-refractivity contribution in [2.75, 3.05) is 31.5 Å². The number of benzene rings is 1. The molecule has 2 aliphatic heterocycles. The summed E-state index contributed by atoms with van der Waals surface area (Å²) in [5.41, 5.74) is 3.19. The average Bonchev–Trinajstić information content (AvgIpc) is 3.28. The van der Waals surface area contributed by atoms with Crippen molar-refractivity contribution >= 4 is 22.5 Å². The number of alkyl halides is 1. The lowest BCUT2D eigenvalue weighted by atomic mass is 10.1. The van der Waals surface area contributed by atoms with Crippen molar-refractivity contribution in [2.45, 2.75) is 38.0 Å². The standard InChI is InChI=1S/C21H24FN5O/c1-14-2-3-19-18(8-14)20(4-6-24-19)25-16-5-7-26(12-16)13-21(28)27-11-15(22)9-17(27)10-23/h2-4,6,8,15-17H,5,7,9,11-13H2,1H3,(H,24,25)/t15-,16+,17?/m0/s1. The van der Waals surface area contributed by atoms with Gasteiger partial charge in [-0.3, -0.25) is 14.7 Å². The fourth-order valence-corrected chi connectivity index (χ4v) is 4.16. The van der Waals surface area contributed by atoms with Crippen LogP contribution in [0.25, 0.3) is 10.9 Å². The van der Waals surface area contributed by atoms with Crippen molar-refractivity contribution in [1.82, 2.24) is 14.8 Å². The number of aryl methyl sites for hydroxylation is 1. The van der Waals surface area contributed by atoms with Gasteiger partial charge in [0, 0.05) is 42.8 Å². The number of nitriles is 1. The number of hydrogen-bond donors (Lipinski definition) is 1. The van der Waals surface area contributed by atoms with E-state index in [0.29, 0.717) is 0 Å². The Hall–Kier alpha value is -2.72. The number of nitrogens with zero attached hydrogens (tertiary/aromatic N) is 4. The zero-order chi connectivity index (χ0) is 19.7. The van der Waals surface area contributed by atoms with E-state index in [9.17, 15) is 9.18 Å². The maximum Gasteiger partial charge on any atom is 0.237 e. The zero-order valence-corrected chi connectivity index (χ0v) is 15.9. The minimum Gasteiger partial charge on any atom is -0.380 e. The number of rotatable bonds is 4. The molecule has 4 rings (SSSR count). The maximum absolute atomic E-state index is 13.6. The molecule has 28 heavy (non-hydrogen) atoms. The maximum atomic E-state index is 13.6. The molecule has 0 bridgehead atoms. The smallest absolute Gasteiger partial charge is 0.237 e. The number of carbonyl (C=O) groups excluding carboxylic acids is 1. The molecule has 1 unspecified atom stereocenters. The number of anilines is 1. The number of pyridine rings is 1. The van der Waals surface area contributed by atoms with Gasteiger partial charge in [-0.15, -0.1) is 0 Å². The van der Waals surface area contributed by atoms with Crippen LogP contribution >= 0.6 is 0 Å². The van der Waals surface area contributed by atoms with Crippen LogP contribution in [-0.2, 0) is 4.79 Å². The van der Waals surface area contributed by atoms with Crippen molar-refractivity contribution in [3.63, 3.8) is 0 Å². The number of carbonyl (C=O) groups is 1. The van der Waals surface area contributed by atoms with Gasteiger partial charge in [0.2, 0.25) is 5.91 Å². The quantitative estimate of drug-likeness (QED) is 0.881. The lowest BCUT2D eigenvalue weighted by Gasteiger charge is -2.23. The molecule has 0 aliphatic carbocycles. The second kappa shape index (κ2) is 7.72. The Balaban J connectivity index is 1.38. The first kappa shape index (κ1) is 18.6. The molecule has 2 aromatic rings. The number of likely N-dealkylation sites (tertiary alicyclic amines) is 2. The summed E-state index contributed by atoms with van der Waals surface area (Å²) in [6.45, 7) is 3.88. The second-order valence-electron chi connectivity index (χ2n) is 7.77. The number of halogens is 1. The first-order valence-corrected chi connectivity index (χ1v) is 9.71. The molecule has 3 atom stereocenters. The first-order valence-electron chi connectivity index (χ1n) is 9.71. The molecular formula is C21H24FN5O. The van der Waals surface area contributed by atoms with Gasteiger partial charge in [0.25, 0.3) is 0 Å². The topological polar surface area (TPSA) is 72.3 Å². The molecule has 7 heteroatoms. The largest absolute Gasteiger partial charge is 0.380 e. The van der Waals surface area contributed by atoms with E-state index in [0.717, 1.165) is 36.1 Å². The summed E-state index contributed by atoms with van der Waals surface area (Å²) >= 11 is 0. The van der Waals surface area contributed by atoms with E-state index in [1.165, 1.54) is 10.5 Å². The Morgan fingerprint density at radius 1 is 1.39 bits per heavy atom. The van der Waals surface area contributed by atoms with Gasteiger partial charge in [0.1, 0.15) is 12.2 Å². The molecule has 6 nitrogen and oxygen atoms in total. The van der Waals surface area contributed by atoms with Gasteiger partial charge in [0.15, 0.2) is 0 Å². The van der Waals surface area contributed by atoms with Crippen LogP contribution in [-0.4, -0.2) is 65.1 Å². The van der Waals surface area contributed by atoms with E-state index in [1.807, 2.05) is 18.2 Å². The highest BCUT2D eigenvalue weighted by Crippen LogP contribution is 2.25. The summed E-state index contributed by atoms with van der Waals surface area (Å²) in [5, 5.41) is 13.8. The van der Waals surface area contributed by atoms with Crippen molar-refractivity contribution in [3.05, 3.63) is 36.0 Å². The molecule has 0 spiro atoms. The summed E-state index contributed by atoms with van der Waals surface area (Å²) in [7, 11) is 0. The molecule has 0 radical (unpaired) electrons. The summed E-state index contributed by atoms with van der Waals surface area (Å²) in [5.74, 6) is -0.155. The molecule has 2 saturated heterocycles. The van der Waals surface area contributed by atoms with Crippen LogP contribution < -0.4 is 5.32 Å². The van der Waals surface area contributed by atoms with E-state index in [-0.39, 0.29) is 31.5 Å². The van der Waals surface area contributed by atoms with Gasteiger partial charge in [-0.2, -0.15) is 5.26 Å². The third-order valence-corrected chi connectivity index (χ3v) is 5.61. The monoisotopic (exact) mass is 381 g/mol. The molecular weight excluding hydrogens is 357 g/mol. The van der Waals surface area contributed by atoms with Gasteiger partial charge >= 0.3 is 0 Å². The summed E-state index contributed by atoms with van der Waals surface area (Å²) in [4.78, 5) is 20.4. The van der Waals surface area contributed by atoms with Crippen LogP contribution in [0.15, 0.2) is 30.5 Å². The fraction of sp³-hybridized carbons (Fsp3) is 0.476. The van der Waals surface area contributed by atoms with E-state index < -0.39 is 12.2 Å². The normalized spacial score (nSPS) is 25.2. The third kappa shape index (κ3) is 3.78. The van der Waals surface area contributed by atoms with Gasteiger partial charge in [0.05, 0.1) is 24.7 Å². The van der Waals surface area contributed by atoms with E-state index in [2.05, 4.69) is 34.3 Å². The molecule has 1 N–H and O–H groups in total. The fourth-order valence-electron chi connectivity index (χ4n) is 4.16. The van der Waals surface area contributed by atoms with Crippen molar-refractivity contribution in [2.24, 2.45) is 0 Å². The van der Waals surface area contributed by atoms with Crippen LogP contribution in [0.2, 0.25) is 0 Å². The molecule has 0 saturated carbocycles. The van der Waals surface area contributed by atoms with Crippen LogP contribution in [0.4, 0.5) is 10.1 Å². The van der Waals surface area contributed by atoms with Crippen LogP contribution in [0, 0.1) is 18.3 Å². The molecule has 1 aromatic heterocycles. The predicted octanol–water partition coefficient (Wildman–Crippen LogP) is 2.49. The van der Waals surface area contributed by atoms with Gasteiger partial charge in [-0.1, -0.05) is 11.6 Å². The molecule has 2 fully saturated rings. The Morgan fingerprint density at radius 3 is 3.07 bits per heavy atom. The van der Waals surface area contributed by atoms with Crippen LogP contribution in [0.1, 0.15) is 18.4 Å². The molecule has 1 amide bonds. The number of nitrogens with one attached hydrogen (secondary N) is 1. The van der Waals surface area contributed by atoms with Crippen molar-refractivity contribution in [3.8, 4) is 6.07 Å². The zero-order valence-electron chi connectivity index (χ0n) is 15.9. The SMILES string of the molecule is Cc1ccc2nccc(N[C@@H]3CCN(CC(=O)N4C[C@@H](F)CC4C#N)C3)c2c1. The number of aromatic nitrogens is 1. The van der Waals surface area contributed by atoms with Crippen LogP contribution in [0.3, 0.4) is 0 Å². The first-order chi connectivity index (χ1) is 13.5. The van der Waals surface area contributed by atoms with Crippen LogP contribution in [0.5, 0.6) is 0 Å². The molecule has 2 aliphatic rings. The number of amides is 1. The molecule has 146 valence electrons. The Labute approximate surface area is 163 Å². The van der Waals surface area contributed by atoms with Crippen molar-refractivity contribution < 1.29 is 9.18 Å². The highest BCUT2D eigenvalue weighted by Gasteiger charge is 2.36. The number of hydrogen-bond acceptors (Lipinski definition) is 5. The Bertz CT molecular complexity index is 927. The van der Waals surface area contributed by atoms with Gasteiger partial charge < -0.3 is 10.2 Å². The van der Waals surface area contributed by atoms with Gasteiger partial charge in [-0.05, 0) is 31.5 Å². The average molecular weight is 381 g/mol. The summed E-state index contributed by atoms with van der Waals surface area (Å²) in [6, 6.07) is 9.83. The minimum absolute atomic E-state index is 0.0366. The number of fused-ring (bicyclic) bond motifs is 1. The summed E-state index contributed by atoms with van der Waals surface area (Å²) in [6.07, 6.45) is 1.76. The molecule has 3 heterocycles. The molecule has 1 aromatic carbocycles. The van der Waals surface area contributed by atoms with E-state index >= 15 is 0 Å². The lowest BCUT2D eigenvalue weighted by Crippen LogP contribution is -2.42. The highest BCUT2D eigenvalue weighted by atomic mass is 19.1. The Kier molecular flexibility index (Phi) is 5.14. The lowest BCUT2D eigenvalue weighted by molar-refractivity contribution is -0.132. The minimum atomic E-state index is -1.09. The van der Waals surface area contributed by atoms with Crippen molar-refractivity contribution in [1.29, 1.82) is 5.26 Å². The van der Waals surface area contributed by atoms with Gasteiger partial charge in [-0.25, -0.2) is 4.39 Å². The predicted molar refractivity (Wildman–Crippen MR) is 106 cm³/mol. The second-order valence-corrected chi connectivity index (χ2v) is 7.77. The third-order valence-electron chi connectivity index (χ3n) is 5.61. The van der Waals surface area contributed by atoms with E-state index in [1.54, 1.807) is 6.20 Å². The highest BCUT2D eigenvalue weighted by molar-refractivity contribution is 5.91. The Morgan fingerprint density at radius 2 is 2.25 bits per heavy atom.